The summed E-state index contributed by atoms with van der Waals surface area (Å²) in [5, 5.41) is 6.60. The van der Waals surface area contributed by atoms with Gasteiger partial charge in [-0.3, -0.25) is 18.7 Å². The molecule has 2 rings (SSSR count). The Morgan fingerprint density at radius 1 is 1.21 bits per heavy atom. The lowest BCUT2D eigenvalue weighted by Crippen LogP contribution is -2.23. The normalized spacial score (nSPS) is 15.4. The van der Waals surface area contributed by atoms with Crippen LogP contribution in [0.1, 0.15) is 6.42 Å². The molecule has 13 heteroatoms. The minimum Gasteiger partial charge on any atom is -0.320 e. The van der Waals surface area contributed by atoms with Gasteiger partial charge in [-0.25, -0.2) is 5.01 Å². The van der Waals surface area contributed by atoms with Crippen LogP contribution < -0.4 is 5.32 Å². The van der Waals surface area contributed by atoms with Gasteiger partial charge in [0, 0.05) is 7.05 Å². The molecule has 0 spiro atoms. The molecule has 0 saturated heterocycles. The maximum atomic E-state index is 12.0. The van der Waals surface area contributed by atoms with Crippen molar-refractivity contribution in [1.29, 1.82) is 0 Å². The van der Waals surface area contributed by atoms with Gasteiger partial charge in [-0.2, -0.15) is 21.9 Å². The highest BCUT2D eigenvalue weighted by Gasteiger charge is 2.28. The summed E-state index contributed by atoms with van der Waals surface area (Å²) >= 11 is 0. The standard InChI is InChI=1S/C11H11N3O8S2/c1-14-10(15)5-8(13-14)11(16)12-7-4-6(23(17,18)19)2-3-9(7)24(20,21)22/h2-4H,5H2,1H3,(H,12,16)(H,17,18,19)(H,20,21,22). The maximum Gasteiger partial charge on any atom is 0.296 e. The Labute approximate surface area is 136 Å². The lowest BCUT2D eigenvalue weighted by Gasteiger charge is -2.10. The number of benzene rings is 1. The van der Waals surface area contributed by atoms with Crippen LogP contribution in [0.2, 0.25) is 0 Å². The zero-order valence-corrected chi connectivity index (χ0v) is 13.6. The number of rotatable bonds is 4. The van der Waals surface area contributed by atoms with Crippen molar-refractivity contribution in [2.45, 2.75) is 16.2 Å². The van der Waals surface area contributed by atoms with E-state index >= 15 is 0 Å². The summed E-state index contributed by atoms with van der Waals surface area (Å²) in [6.07, 6.45) is -0.332. The van der Waals surface area contributed by atoms with E-state index in [0.29, 0.717) is 12.1 Å². The number of nitrogens with one attached hydrogen (secondary N) is 1. The van der Waals surface area contributed by atoms with Crippen LogP contribution in [0.3, 0.4) is 0 Å². The lowest BCUT2D eigenvalue weighted by atomic mass is 10.2. The molecule has 11 nitrogen and oxygen atoms in total. The monoisotopic (exact) mass is 377 g/mol. The van der Waals surface area contributed by atoms with Crippen molar-refractivity contribution >= 4 is 43.4 Å². The van der Waals surface area contributed by atoms with Gasteiger partial charge in [-0.15, -0.1) is 0 Å². The predicted molar refractivity (Wildman–Crippen MR) is 79.5 cm³/mol. The molecular weight excluding hydrogens is 366 g/mol. The fourth-order valence-corrected chi connectivity index (χ4v) is 2.98. The molecule has 0 aliphatic carbocycles. The van der Waals surface area contributed by atoms with Crippen molar-refractivity contribution in [3.05, 3.63) is 18.2 Å². The third kappa shape index (κ3) is 3.76. The second kappa shape index (κ2) is 5.94. The van der Waals surface area contributed by atoms with Crippen LogP contribution in [0.5, 0.6) is 0 Å². The summed E-state index contributed by atoms with van der Waals surface area (Å²) in [4.78, 5) is 21.9. The van der Waals surface area contributed by atoms with E-state index in [9.17, 15) is 26.4 Å². The number of hydrogen-bond acceptors (Lipinski definition) is 7. The molecule has 1 aliphatic heterocycles. The molecule has 0 unspecified atom stereocenters. The Morgan fingerprint density at radius 3 is 2.29 bits per heavy atom. The number of anilines is 1. The van der Waals surface area contributed by atoms with Crippen LogP contribution in [0.4, 0.5) is 5.69 Å². The Kier molecular flexibility index (Phi) is 4.45. The molecule has 1 aliphatic rings. The summed E-state index contributed by atoms with van der Waals surface area (Å²) < 4.78 is 63.0. The maximum absolute atomic E-state index is 12.0. The Morgan fingerprint density at radius 2 is 1.83 bits per heavy atom. The molecule has 1 heterocycles. The van der Waals surface area contributed by atoms with Crippen LogP contribution in [0.15, 0.2) is 33.1 Å². The summed E-state index contributed by atoms with van der Waals surface area (Å²) in [5.74, 6) is -1.44. The van der Waals surface area contributed by atoms with E-state index in [1.165, 1.54) is 7.05 Å². The van der Waals surface area contributed by atoms with E-state index in [4.69, 9.17) is 9.11 Å². The number of hydrazone groups is 1. The molecule has 0 saturated carbocycles. The van der Waals surface area contributed by atoms with Crippen molar-refractivity contribution in [3.8, 4) is 0 Å². The van der Waals surface area contributed by atoms with Crippen molar-refractivity contribution in [2.75, 3.05) is 12.4 Å². The fourth-order valence-electron chi connectivity index (χ4n) is 1.84. The zero-order chi connectivity index (χ0) is 18.3. The Bertz CT molecular complexity index is 965. The minimum atomic E-state index is -4.79. The van der Waals surface area contributed by atoms with E-state index in [2.05, 4.69) is 5.10 Å². The molecule has 130 valence electrons. The molecule has 2 amide bonds. The van der Waals surface area contributed by atoms with Crippen molar-refractivity contribution in [3.63, 3.8) is 0 Å². The fraction of sp³-hybridized carbons (Fsp3) is 0.182. The van der Waals surface area contributed by atoms with Crippen LogP contribution >= 0.6 is 0 Å². The highest BCUT2D eigenvalue weighted by molar-refractivity contribution is 7.86. The van der Waals surface area contributed by atoms with Gasteiger partial charge in [0.25, 0.3) is 26.1 Å². The molecule has 1 aromatic rings. The molecule has 1 aromatic carbocycles. The first-order chi connectivity index (χ1) is 10.9. The van der Waals surface area contributed by atoms with Gasteiger partial charge in [-0.1, -0.05) is 0 Å². The highest BCUT2D eigenvalue weighted by Crippen LogP contribution is 2.25. The highest BCUT2D eigenvalue weighted by atomic mass is 32.2. The number of amides is 2. The third-order valence-electron chi connectivity index (χ3n) is 2.99. The average Bonchev–Trinajstić information content (AvgIpc) is 2.76. The molecule has 0 radical (unpaired) electrons. The first-order valence-electron chi connectivity index (χ1n) is 6.14. The van der Waals surface area contributed by atoms with E-state index in [-0.39, 0.29) is 12.1 Å². The number of carbonyl (C=O) groups is 2. The van der Waals surface area contributed by atoms with Gasteiger partial charge in [0.1, 0.15) is 10.6 Å². The Hall–Kier alpha value is -2.35. The smallest absolute Gasteiger partial charge is 0.296 e. The quantitative estimate of drug-likeness (QED) is 0.580. The predicted octanol–water partition coefficient (Wildman–Crippen LogP) is -0.663. The SMILES string of the molecule is CN1N=C(C(=O)Nc2cc(S(=O)(=O)O)ccc2S(=O)(=O)O)CC1=O. The first-order valence-corrected chi connectivity index (χ1v) is 9.02. The topological polar surface area (TPSA) is 171 Å². The Balaban J connectivity index is 2.46. The zero-order valence-electron chi connectivity index (χ0n) is 12.0. The average molecular weight is 377 g/mol. The molecule has 3 N–H and O–H groups in total. The van der Waals surface area contributed by atoms with E-state index in [1.807, 2.05) is 5.32 Å². The van der Waals surface area contributed by atoms with Crippen molar-refractivity contribution in [1.82, 2.24) is 5.01 Å². The summed E-state index contributed by atoms with van der Waals surface area (Å²) in [6.45, 7) is 0. The van der Waals surface area contributed by atoms with Gasteiger partial charge >= 0.3 is 0 Å². The molecule has 0 atom stereocenters. The molecule has 24 heavy (non-hydrogen) atoms. The van der Waals surface area contributed by atoms with E-state index in [0.717, 1.165) is 11.1 Å². The van der Waals surface area contributed by atoms with Crippen LogP contribution in [-0.4, -0.2) is 55.5 Å². The van der Waals surface area contributed by atoms with E-state index < -0.39 is 47.5 Å². The number of carbonyl (C=O) groups excluding carboxylic acids is 2. The van der Waals surface area contributed by atoms with Gasteiger partial charge < -0.3 is 5.32 Å². The molecular formula is C11H11N3O8S2. The van der Waals surface area contributed by atoms with Crippen LogP contribution in [0, 0.1) is 0 Å². The van der Waals surface area contributed by atoms with Gasteiger partial charge in [0.05, 0.1) is 17.0 Å². The van der Waals surface area contributed by atoms with E-state index in [1.54, 1.807) is 0 Å². The first kappa shape index (κ1) is 18.0. The lowest BCUT2D eigenvalue weighted by molar-refractivity contribution is -0.127. The second-order valence-corrected chi connectivity index (χ2v) is 7.51. The summed E-state index contributed by atoms with van der Waals surface area (Å²) in [7, 11) is -8.16. The number of hydrogen-bond donors (Lipinski definition) is 3. The molecule has 0 fully saturated rings. The number of nitrogens with zero attached hydrogens (tertiary/aromatic N) is 2. The van der Waals surface area contributed by atoms with Crippen molar-refractivity contribution < 1.29 is 35.5 Å². The largest absolute Gasteiger partial charge is 0.320 e. The van der Waals surface area contributed by atoms with Crippen LogP contribution in [0.25, 0.3) is 0 Å². The van der Waals surface area contributed by atoms with Gasteiger partial charge in [0.2, 0.25) is 5.91 Å². The molecule has 0 aromatic heterocycles. The third-order valence-corrected chi connectivity index (χ3v) is 4.75. The van der Waals surface area contributed by atoms with Gasteiger partial charge in [-0.05, 0) is 18.2 Å². The van der Waals surface area contributed by atoms with Crippen LogP contribution in [-0.2, 0) is 29.8 Å². The minimum absolute atomic E-state index is 0.235. The summed E-state index contributed by atoms with van der Waals surface area (Å²) in [6, 6.07) is 2.08. The van der Waals surface area contributed by atoms with Crippen molar-refractivity contribution in [2.24, 2.45) is 5.10 Å². The molecule has 0 bridgehead atoms. The second-order valence-electron chi connectivity index (χ2n) is 4.70. The summed E-state index contributed by atoms with van der Waals surface area (Å²) in [5.41, 5.74) is -0.830. The van der Waals surface area contributed by atoms with Gasteiger partial charge in [0.15, 0.2) is 0 Å².